The number of benzene rings is 1. The number of dihydropyridines is 1. The second-order valence-electron chi connectivity index (χ2n) is 5.02. The summed E-state index contributed by atoms with van der Waals surface area (Å²) in [6, 6.07) is 13.9. The third-order valence-electron chi connectivity index (χ3n) is 3.52. The average molecular weight is 289 g/mol. The second kappa shape index (κ2) is 5.37. The number of rotatable bonds is 3. The fourth-order valence-corrected chi connectivity index (χ4v) is 2.45. The van der Waals surface area contributed by atoms with Gasteiger partial charge < -0.3 is 10.6 Å². The van der Waals surface area contributed by atoms with Crippen LogP contribution in [0.1, 0.15) is 5.69 Å². The van der Waals surface area contributed by atoms with Gasteiger partial charge in [0.25, 0.3) is 0 Å². The molecule has 2 N–H and O–H groups in total. The zero-order chi connectivity index (χ0) is 14.8. The predicted octanol–water partition coefficient (Wildman–Crippen LogP) is 2.97. The van der Waals surface area contributed by atoms with E-state index in [4.69, 9.17) is 0 Å². The van der Waals surface area contributed by atoms with Crippen molar-refractivity contribution in [1.82, 2.24) is 19.9 Å². The quantitative estimate of drug-likeness (QED) is 0.778. The minimum Gasteiger partial charge on any atom is -0.387 e. The molecule has 5 nitrogen and oxygen atoms in total. The van der Waals surface area contributed by atoms with Crippen molar-refractivity contribution in [3.8, 4) is 0 Å². The number of nitrogens with zero attached hydrogens (tertiary/aromatic N) is 3. The number of hydrogen-bond acceptors (Lipinski definition) is 4. The second-order valence-corrected chi connectivity index (χ2v) is 5.02. The van der Waals surface area contributed by atoms with Gasteiger partial charge in [-0.05, 0) is 36.5 Å². The van der Waals surface area contributed by atoms with E-state index in [0.717, 1.165) is 35.0 Å². The first kappa shape index (κ1) is 12.6. The van der Waals surface area contributed by atoms with Gasteiger partial charge in [-0.2, -0.15) is 0 Å². The lowest BCUT2D eigenvalue weighted by molar-refractivity contribution is 0.920. The highest BCUT2D eigenvalue weighted by atomic mass is 15.3. The van der Waals surface area contributed by atoms with Gasteiger partial charge in [0.05, 0.1) is 11.9 Å². The summed E-state index contributed by atoms with van der Waals surface area (Å²) in [6.45, 7) is 0.820. The fraction of sp³-hybridized carbons (Fsp3) is 0.0588. The van der Waals surface area contributed by atoms with Gasteiger partial charge >= 0.3 is 0 Å². The summed E-state index contributed by atoms with van der Waals surface area (Å²) >= 11 is 0. The van der Waals surface area contributed by atoms with Gasteiger partial charge in [0.1, 0.15) is 0 Å². The Morgan fingerprint density at radius 2 is 2.00 bits per heavy atom. The van der Waals surface area contributed by atoms with Crippen molar-refractivity contribution in [1.29, 1.82) is 0 Å². The number of aromatic nitrogens is 3. The molecule has 1 aliphatic heterocycles. The molecule has 0 saturated carbocycles. The highest BCUT2D eigenvalue weighted by molar-refractivity contribution is 5.74. The van der Waals surface area contributed by atoms with Crippen LogP contribution in [0.15, 0.2) is 67.0 Å². The Hall–Kier alpha value is -3.08. The first-order valence-electron chi connectivity index (χ1n) is 7.17. The number of nitrogens with one attached hydrogen (secondary N) is 2. The van der Waals surface area contributed by atoms with Crippen molar-refractivity contribution in [3.05, 3.63) is 72.7 Å². The highest BCUT2D eigenvalue weighted by Crippen LogP contribution is 2.20. The summed E-state index contributed by atoms with van der Waals surface area (Å²) in [5, 5.41) is 11.1. The van der Waals surface area contributed by atoms with E-state index < -0.39 is 0 Å². The largest absolute Gasteiger partial charge is 0.387 e. The molecule has 3 aromatic rings. The molecule has 5 heteroatoms. The lowest BCUT2D eigenvalue weighted by Gasteiger charge is -2.09. The van der Waals surface area contributed by atoms with Crippen molar-refractivity contribution in [3.63, 3.8) is 0 Å². The minimum atomic E-state index is 0.788. The van der Waals surface area contributed by atoms with Gasteiger partial charge in [0, 0.05) is 17.8 Å². The first-order chi connectivity index (χ1) is 10.9. The topological polar surface area (TPSA) is 54.2 Å². The molecule has 0 unspecified atom stereocenters. The smallest absolute Gasteiger partial charge is 0.154 e. The molecule has 0 saturated heterocycles. The molecule has 1 aromatic carbocycles. The number of allylic oxidation sites excluding steroid dienone is 2. The van der Waals surface area contributed by atoms with Crippen molar-refractivity contribution in [2.24, 2.45) is 0 Å². The van der Waals surface area contributed by atoms with E-state index in [-0.39, 0.29) is 0 Å². The molecular weight excluding hydrogens is 274 g/mol. The van der Waals surface area contributed by atoms with Crippen molar-refractivity contribution in [2.75, 3.05) is 11.9 Å². The molecule has 1 aliphatic rings. The van der Waals surface area contributed by atoms with Crippen molar-refractivity contribution >= 4 is 22.7 Å². The van der Waals surface area contributed by atoms with E-state index in [1.54, 1.807) is 0 Å². The van der Waals surface area contributed by atoms with E-state index in [0.29, 0.717) is 0 Å². The van der Waals surface area contributed by atoms with Crippen LogP contribution in [0.3, 0.4) is 0 Å². The van der Waals surface area contributed by atoms with E-state index in [2.05, 4.69) is 26.8 Å². The lowest BCUT2D eigenvalue weighted by Crippen LogP contribution is -2.09. The Morgan fingerprint density at radius 3 is 2.82 bits per heavy atom. The molecule has 0 amide bonds. The molecule has 0 spiro atoms. The van der Waals surface area contributed by atoms with Crippen molar-refractivity contribution < 1.29 is 0 Å². The highest BCUT2D eigenvalue weighted by Gasteiger charge is 2.09. The van der Waals surface area contributed by atoms with Gasteiger partial charge in [-0.1, -0.05) is 24.3 Å². The number of anilines is 2. The number of para-hydroxylation sites is 1. The van der Waals surface area contributed by atoms with E-state index >= 15 is 0 Å². The number of fused-ring (bicyclic) bond motifs is 1. The molecule has 22 heavy (non-hydrogen) atoms. The summed E-state index contributed by atoms with van der Waals surface area (Å²) in [5.74, 6) is 0.788. The number of hydrogen-bond donors (Lipinski definition) is 2. The van der Waals surface area contributed by atoms with Crippen LogP contribution < -0.4 is 10.6 Å². The monoisotopic (exact) mass is 289 g/mol. The van der Waals surface area contributed by atoms with Crippen LogP contribution in [0.2, 0.25) is 0 Å². The number of imidazole rings is 1. The molecule has 0 aliphatic carbocycles. The lowest BCUT2D eigenvalue weighted by atomic mass is 10.1. The van der Waals surface area contributed by atoms with Crippen LogP contribution in [-0.2, 0) is 0 Å². The SMILES string of the molecule is C1=CC(c2cnc3ccc(Nc4ccccc4)nn23)=CCN1. The molecule has 2 aromatic heterocycles. The summed E-state index contributed by atoms with van der Waals surface area (Å²) in [4.78, 5) is 4.42. The van der Waals surface area contributed by atoms with Crippen LogP contribution >= 0.6 is 0 Å². The summed E-state index contributed by atoms with van der Waals surface area (Å²) in [6.07, 6.45) is 7.96. The van der Waals surface area contributed by atoms with Crippen LogP contribution in [-0.4, -0.2) is 21.1 Å². The molecule has 0 atom stereocenters. The van der Waals surface area contributed by atoms with Crippen molar-refractivity contribution in [2.45, 2.75) is 0 Å². The van der Waals surface area contributed by atoms with Gasteiger partial charge in [-0.25, -0.2) is 9.50 Å². The maximum Gasteiger partial charge on any atom is 0.154 e. The minimum absolute atomic E-state index is 0.788. The summed E-state index contributed by atoms with van der Waals surface area (Å²) in [7, 11) is 0. The molecule has 108 valence electrons. The van der Waals surface area contributed by atoms with Gasteiger partial charge in [0.2, 0.25) is 0 Å². The molecule has 0 fully saturated rings. The van der Waals surface area contributed by atoms with E-state index in [1.165, 1.54) is 0 Å². The molecule has 0 bridgehead atoms. The molecule has 0 radical (unpaired) electrons. The maximum atomic E-state index is 4.65. The van der Waals surface area contributed by atoms with Gasteiger partial charge in [0.15, 0.2) is 11.5 Å². The van der Waals surface area contributed by atoms with Gasteiger partial charge in [-0.3, -0.25) is 0 Å². The van der Waals surface area contributed by atoms with E-state index in [1.807, 2.05) is 65.5 Å². The average Bonchev–Trinajstić information content (AvgIpc) is 3.00. The zero-order valence-electron chi connectivity index (χ0n) is 11.9. The Kier molecular flexibility index (Phi) is 3.08. The van der Waals surface area contributed by atoms with Crippen LogP contribution in [0.5, 0.6) is 0 Å². The Labute approximate surface area is 128 Å². The molecule has 3 heterocycles. The third kappa shape index (κ3) is 2.33. The summed E-state index contributed by atoms with van der Waals surface area (Å²) < 4.78 is 1.87. The molecular formula is C17H15N5. The fourth-order valence-electron chi connectivity index (χ4n) is 2.45. The standard InChI is InChI=1S/C17H15N5/c1-2-4-14(5-3-1)20-16-6-7-17-19-12-15(22(17)21-16)13-8-10-18-11-9-13/h1-10,12,18H,11H2,(H,20,21). The van der Waals surface area contributed by atoms with Gasteiger partial charge in [-0.15, -0.1) is 5.10 Å². The van der Waals surface area contributed by atoms with E-state index in [9.17, 15) is 0 Å². The van der Waals surface area contributed by atoms with Crippen LogP contribution in [0, 0.1) is 0 Å². The normalized spacial score (nSPS) is 13.7. The van der Waals surface area contributed by atoms with Crippen LogP contribution in [0.25, 0.3) is 11.2 Å². The summed E-state index contributed by atoms with van der Waals surface area (Å²) in [5.41, 5.74) is 3.96. The van der Waals surface area contributed by atoms with Crippen LogP contribution in [0.4, 0.5) is 11.5 Å². The first-order valence-corrected chi connectivity index (χ1v) is 7.17. The third-order valence-corrected chi connectivity index (χ3v) is 3.52. The predicted molar refractivity (Wildman–Crippen MR) is 87.8 cm³/mol. The Morgan fingerprint density at radius 1 is 1.09 bits per heavy atom. The molecule has 4 rings (SSSR count). The Bertz CT molecular complexity index is 861. The Balaban J connectivity index is 1.73. The zero-order valence-corrected chi connectivity index (χ0v) is 11.9. The maximum absolute atomic E-state index is 4.65.